The van der Waals surface area contributed by atoms with E-state index in [4.69, 9.17) is 9.72 Å². The maximum absolute atomic E-state index is 12.0. The van der Waals surface area contributed by atoms with Crippen molar-refractivity contribution in [1.82, 2.24) is 15.0 Å². The van der Waals surface area contributed by atoms with Gasteiger partial charge in [0.25, 0.3) is 5.91 Å². The lowest BCUT2D eigenvalue weighted by molar-refractivity contribution is -0.112. The summed E-state index contributed by atoms with van der Waals surface area (Å²) in [5, 5.41) is 7.02. The lowest BCUT2D eigenvalue weighted by Gasteiger charge is -2.28. The molecule has 0 atom stereocenters. The summed E-state index contributed by atoms with van der Waals surface area (Å²) in [6.07, 6.45) is 3.52. The van der Waals surface area contributed by atoms with E-state index in [2.05, 4.69) is 44.2 Å². The summed E-state index contributed by atoms with van der Waals surface area (Å²) in [5.74, 6) is 0.263. The minimum absolute atomic E-state index is 0.221. The number of hydrogen-bond acceptors (Lipinski definition) is 7. The van der Waals surface area contributed by atoms with Crippen LogP contribution in [0.25, 0.3) is 22.2 Å². The molecule has 1 saturated heterocycles. The van der Waals surface area contributed by atoms with Gasteiger partial charge in [0.15, 0.2) is 0 Å². The van der Waals surface area contributed by atoms with Gasteiger partial charge in [0.1, 0.15) is 5.52 Å². The molecule has 8 heteroatoms. The molecule has 176 valence electrons. The van der Waals surface area contributed by atoms with Crippen molar-refractivity contribution in [2.24, 2.45) is 0 Å². The molecule has 0 aliphatic carbocycles. The first-order valence-corrected chi connectivity index (χ1v) is 11.5. The maximum Gasteiger partial charge on any atom is 0.250 e. The second-order valence-electron chi connectivity index (χ2n) is 8.38. The Hall–Kier alpha value is -4.30. The number of morpholine rings is 1. The second-order valence-corrected chi connectivity index (χ2v) is 8.38. The van der Waals surface area contributed by atoms with E-state index in [1.165, 1.54) is 5.69 Å². The van der Waals surface area contributed by atoms with Crippen LogP contribution in [0.3, 0.4) is 0 Å². The van der Waals surface area contributed by atoms with Crippen molar-refractivity contribution in [3.05, 3.63) is 79.1 Å². The van der Waals surface area contributed by atoms with Crippen LogP contribution in [0.4, 0.5) is 23.0 Å². The first-order valence-electron chi connectivity index (χ1n) is 11.5. The molecule has 0 unspecified atom stereocenters. The number of nitrogens with one attached hydrogen (secondary N) is 2. The predicted octanol–water partition coefficient (Wildman–Crippen LogP) is 4.79. The number of carbonyl (C=O) groups excluding carboxylic acids is 1. The molecule has 1 aliphatic heterocycles. The largest absolute Gasteiger partial charge is 0.378 e. The lowest BCUT2D eigenvalue weighted by atomic mass is 10.1. The topological polar surface area (TPSA) is 92.3 Å². The Balaban J connectivity index is 1.41. The van der Waals surface area contributed by atoms with E-state index in [1.807, 2.05) is 42.5 Å². The van der Waals surface area contributed by atoms with Crippen molar-refractivity contribution in [3.8, 4) is 11.3 Å². The van der Waals surface area contributed by atoms with Crippen LogP contribution in [-0.2, 0) is 9.53 Å². The highest BCUT2D eigenvalue weighted by Crippen LogP contribution is 2.28. The third kappa shape index (κ3) is 5.12. The van der Waals surface area contributed by atoms with Gasteiger partial charge in [0.05, 0.1) is 18.9 Å². The first-order chi connectivity index (χ1) is 17.1. The highest BCUT2D eigenvalue weighted by atomic mass is 16.5. The number of benzene rings is 2. The van der Waals surface area contributed by atoms with E-state index >= 15 is 0 Å². The predicted molar refractivity (Wildman–Crippen MR) is 139 cm³/mol. The van der Waals surface area contributed by atoms with E-state index in [9.17, 15) is 4.79 Å². The maximum atomic E-state index is 12.0. The SMILES string of the molecule is C=C(C)C(=O)Nc1cccc(-c2nccc3cnc(Nc4ccc(N5CCOCC5)cc4)nc23)c1. The van der Waals surface area contributed by atoms with Crippen LogP contribution in [0.5, 0.6) is 0 Å². The van der Waals surface area contributed by atoms with Crippen molar-refractivity contribution in [3.63, 3.8) is 0 Å². The molecular formula is C27H26N6O2. The molecule has 3 heterocycles. The minimum atomic E-state index is -0.221. The van der Waals surface area contributed by atoms with E-state index in [1.54, 1.807) is 19.3 Å². The molecule has 2 aromatic carbocycles. The minimum Gasteiger partial charge on any atom is -0.378 e. The van der Waals surface area contributed by atoms with Gasteiger partial charge in [-0.25, -0.2) is 9.97 Å². The second kappa shape index (κ2) is 9.90. The highest BCUT2D eigenvalue weighted by molar-refractivity contribution is 6.03. The quantitative estimate of drug-likeness (QED) is 0.395. The summed E-state index contributed by atoms with van der Waals surface area (Å²) >= 11 is 0. The number of nitrogens with zero attached hydrogens (tertiary/aromatic N) is 4. The molecule has 0 radical (unpaired) electrons. The van der Waals surface area contributed by atoms with Crippen molar-refractivity contribution in [2.75, 3.05) is 41.8 Å². The van der Waals surface area contributed by atoms with Crippen LogP contribution in [0.1, 0.15) is 6.92 Å². The average molecular weight is 467 g/mol. The molecule has 0 bridgehead atoms. The fourth-order valence-corrected chi connectivity index (χ4v) is 3.92. The third-order valence-corrected chi connectivity index (χ3v) is 5.78. The summed E-state index contributed by atoms with van der Waals surface area (Å²) < 4.78 is 5.44. The van der Waals surface area contributed by atoms with E-state index in [0.717, 1.165) is 48.5 Å². The lowest BCUT2D eigenvalue weighted by Crippen LogP contribution is -2.36. The van der Waals surface area contributed by atoms with Crippen molar-refractivity contribution < 1.29 is 9.53 Å². The van der Waals surface area contributed by atoms with Crippen LogP contribution < -0.4 is 15.5 Å². The summed E-state index contributed by atoms with van der Waals surface area (Å²) in [6.45, 7) is 8.67. The summed E-state index contributed by atoms with van der Waals surface area (Å²) in [4.78, 5) is 28.2. The monoisotopic (exact) mass is 466 g/mol. The number of fused-ring (bicyclic) bond motifs is 1. The smallest absolute Gasteiger partial charge is 0.250 e. The summed E-state index contributed by atoms with van der Waals surface area (Å²) in [5.41, 5.74) is 5.46. The fraction of sp³-hybridized carbons (Fsp3) is 0.185. The van der Waals surface area contributed by atoms with Gasteiger partial charge in [-0.1, -0.05) is 18.7 Å². The standard InChI is InChI=1S/C27H26N6O2/c1-18(2)26(34)30-22-5-3-4-19(16-22)24-25-20(10-11-28-24)17-29-27(32-25)31-21-6-8-23(9-7-21)33-12-14-35-15-13-33/h3-11,16-17H,1,12-15H2,2H3,(H,30,34)(H,29,31,32). The molecule has 1 fully saturated rings. The van der Waals surface area contributed by atoms with Crippen LogP contribution in [0, 0.1) is 0 Å². The molecule has 1 amide bonds. The van der Waals surface area contributed by atoms with E-state index < -0.39 is 0 Å². The highest BCUT2D eigenvalue weighted by Gasteiger charge is 2.13. The zero-order valence-electron chi connectivity index (χ0n) is 19.5. The number of carbonyl (C=O) groups is 1. The van der Waals surface area contributed by atoms with Crippen molar-refractivity contribution >= 4 is 39.8 Å². The number of anilines is 4. The van der Waals surface area contributed by atoms with E-state index in [-0.39, 0.29) is 5.91 Å². The molecule has 0 saturated carbocycles. The Labute approximate surface area is 203 Å². The first kappa shape index (κ1) is 22.5. The van der Waals surface area contributed by atoms with Gasteiger partial charge in [0.2, 0.25) is 5.95 Å². The number of ether oxygens (including phenoxy) is 1. The van der Waals surface area contributed by atoms with Crippen LogP contribution in [0.15, 0.2) is 79.1 Å². The normalized spacial score (nSPS) is 13.5. The number of amides is 1. The van der Waals surface area contributed by atoms with Gasteiger partial charge in [-0.2, -0.15) is 0 Å². The van der Waals surface area contributed by atoms with Crippen molar-refractivity contribution in [2.45, 2.75) is 6.92 Å². The Kier molecular flexibility index (Phi) is 6.36. The van der Waals surface area contributed by atoms with Crippen LogP contribution in [0.2, 0.25) is 0 Å². The van der Waals surface area contributed by atoms with E-state index in [0.29, 0.717) is 22.9 Å². The molecule has 35 heavy (non-hydrogen) atoms. The molecule has 5 rings (SSSR count). The molecule has 4 aromatic rings. The molecule has 2 aromatic heterocycles. The Morgan fingerprint density at radius 1 is 1.03 bits per heavy atom. The third-order valence-electron chi connectivity index (χ3n) is 5.78. The fourth-order valence-electron chi connectivity index (χ4n) is 3.92. The van der Waals surface area contributed by atoms with Crippen molar-refractivity contribution in [1.29, 1.82) is 0 Å². The van der Waals surface area contributed by atoms with Gasteiger partial charge in [-0.05, 0) is 49.4 Å². The number of pyridine rings is 1. The average Bonchev–Trinajstić information content (AvgIpc) is 2.89. The summed E-state index contributed by atoms with van der Waals surface area (Å²) in [7, 11) is 0. The molecule has 1 aliphatic rings. The molecule has 8 nitrogen and oxygen atoms in total. The zero-order chi connectivity index (χ0) is 24.2. The Bertz CT molecular complexity index is 1380. The van der Waals surface area contributed by atoms with Gasteiger partial charge in [-0.3, -0.25) is 9.78 Å². The van der Waals surface area contributed by atoms with Gasteiger partial charge in [0, 0.05) is 59.1 Å². The zero-order valence-corrected chi connectivity index (χ0v) is 19.5. The van der Waals surface area contributed by atoms with Crippen LogP contribution in [-0.4, -0.2) is 47.2 Å². The Morgan fingerprint density at radius 2 is 1.83 bits per heavy atom. The number of rotatable bonds is 6. The van der Waals surface area contributed by atoms with Gasteiger partial charge < -0.3 is 20.3 Å². The molecular weight excluding hydrogens is 440 g/mol. The van der Waals surface area contributed by atoms with Gasteiger partial charge in [-0.15, -0.1) is 0 Å². The number of hydrogen-bond donors (Lipinski definition) is 2. The summed E-state index contributed by atoms with van der Waals surface area (Å²) in [6, 6.07) is 17.6. The molecule has 2 N–H and O–H groups in total. The van der Waals surface area contributed by atoms with Crippen LogP contribution >= 0.6 is 0 Å². The Morgan fingerprint density at radius 3 is 2.60 bits per heavy atom. The molecule has 0 spiro atoms. The van der Waals surface area contributed by atoms with Gasteiger partial charge >= 0.3 is 0 Å². The number of aromatic nitrogens is 3.